The third-order valence-electron chi connectivity index (χ3n) is 5.36. The van der Waals surface area contributed by atoms with Crippen LogP contribution in [-0.4, -0.2) is 16.9 Å². The van der Waals surface area contributed by atoms with E-state index < -0.39 is 0 Å². The predicted octanol–water partition coefficient (Wildman–Crippen LogP) is 6.88. The standard InChI is InChI=1S/C28H22N2O/c1-31-25-19-17-24(18-20-25)30-28(23-15-9-4-10-16-23)26(21-11-5-2-6-12-21)27(29-30)22-13-7-3-8-14-22/h2-20H,1H3. The Bertz CT molecular complexity index is 1280. The molecule has 0 radical (unpaired) electrons. The number of hydrogen-bond donors (Lipinski definition) is 0. The highest BCUT2D eigenvalue weighted by Crippen LogP contribution is 2.41. The van der Waals surface area contributed by atoms with Gasteiger partial charge in [0.05, 0.1) is 18.5 Å². The van der Waals surface area contributed by atoms with Crippen molar-refractivity contribution in [3.63, 3.8) is 0 Å². The fraction of sp³-hybridized carbons (Fsp3) is 0.0357. The van der Waals surface area contributed by atoms with Gasteiger partial charge in [0.15, 0.2) is 0 Å². The van der Waals surface area contributed by atoms with Gasteiger partial charge in [0.1, 0.15) is 11.4 Å². The van der Waals surface area contributed by atoms with Crippen LogP contribution >= 0.6 is 0 Å². The maximum atomic E-state index is 5.36. The number of hydrogen-bond acceptors (Lipinski definition) is 2. The van der Waals surface area contributed by atoms with Gasteiger partial charge in [0, 0.05) is 16.7 Å². The minimum atomic E-state index is 0.823. The van der Waals surface area contributed by atoms with E-state index in [4.69, 9.17) is 9.84 Å². The van der Waals surface area contributed by atoms with Gasteiger partial charge < -0.3 is 4.74 Å². The Morgan fingerprint density at radius 1 is 0.581 bits per heavy atom. The van der Waals surface area contributed by atoms with Crippen molar-refractivity contribution in [2.75, 3.05) is 7.11 Å². The van der Waals surface area contributed by atoms with E-state index in [0.717, 1.165) is 45.1 Å². The van der Waals surface area contributed by atoms with E-state index in [1.165, 1.54) is 0 Å². The molecule has 150 valence electrons. The van der Waals surface area contributed by atoms with Gasteiger partial charge in [-0.15, -0.1) is 0 Å². The first kappa shape index (κ1) is 18.9. The number of methoxy groups -OCH3 is 1. The molecule has 0 atom stereocenters. The SMILES string of the molecule is COc1ccc(-n2nc(-c3ccccc3)c(-c3ccccc3)c2-c2ccccc2)cc1. The lowest BCUT2D eigenvalue weighted by Gasteiger charge is -2.11. The van der Waals surface area contributed by atoms with Crippen LogP contribution in [-0.2, 0) is 0 Å². The molecule has 0 N–H and O–H groups in total. The van der Waals surface area contributed by atoms with Crippen LogP contribution in [0, 0.1) is 0 Å². The highest BCUT2D eigenvalue weighted by atomic mass is 16.5. The zero-order chi connectivity index (χ0) is 21.0. The Morgan fingerprint density at radius 3 is 1.65 bits per heavy atom. The molecule has 0 bridgehead atoms. The van der Waals surface area contributed by atoms with Crippen LogP contribution in [0.1, 0.15) is 0 Å². The average Bonchev–Trinajstić information content (AvgIpc) is 3.26. The molecular weight excluding hydrogens is 380 g/mol. The monoisotopic (exact) mass is 402 g/mol. The van der Waals surface area contributed by atoms with Gasteiger partial charge >= 0.3 is 0 Å². The number of rotatable bonds is 5. The summed E-state index contributed by atoms with van der Waals surface area (Å²) < 4.78 is 7.40. The van der Waals surface area contributed by atoms with Gasteiger partial charge in [-0.25, -0.2) is 4.68 Å². The second-order valence-corrected chi connectivity index (χ2v) is 7.28. The second kappa shape index (κ2) is 8.33. The fourth-order valence-corrected chi connectivity index (χ4v) is 3.87. The van der Waals surface area contributed by atoms with E-state index in [2.05, 4.69) is 72.8 Å². The van der Waals surface area contributed by atoms with E-state index in [1.54, 1.807) is 7.11 Å². The highest BCUT2D eigenvalue weighted by Gasteiger charge is 2.22. The van der Waals surface area contributed by atoms with E-state index in [-0.39, 0.29) is 0 Å². The van der Waals surface area contributed by atoms with Crippen molar-refractivity contribution < 1.29 is 4.74 Å². The lowest BCUT2D eigenvalue weighted by atomic mass is 9.96. The molecular formula is C28H22N2O. The molecule has 3 heteroatoms. The predicted molar refractivity (Wildman–Crippen MR) is 126 cm³/mol. The Labute approximate surface area is 182 Å². The molecule has 0 fully saturated rings. The zero-order valence-electron chi connectivity index (χ0n) is 17.3. The molecule has 0 unspecified atom stereocenters. The highest BCUT2D eigenvalue weighted by molar-refractivity contribution is 5.92. The summed E-state index contributed by atoms with van der Waals surface area (Å²) in [6, 6.07) is 39.3. The summed E-state index contributed by atoms with van der Waals surface area (Å²) in [5.41, 5.74) is 7.47. The average molecular weight is 402 g/mol. The molecule has 0 amide bonds. The van der Waals surface area contributed by atoms with E-state index in [9.17, 15) is 0 Å². The first-order valence-corrected chi connectivity index (χ1v) is 10.3. The summed E-state index contributed by atoms with van der Waals surface area (Å²) in [4.78, 5) is 0. The van der Waals surface area contributed by atoms with Crippen LogP contribution in [0.4, 0.5) is 0 Å². The van der Waals surface area contributed by atoms with Crippen molar-refractivity contribution in [3.8, 4) is 45.1 Å². The maximum Gasteiger partial charge on any atom is 0.119 e. The van der Waals surface area contributed by atoms with Crippen molar-refractivity contribution in [1.29, 1.82) is 0 Å². The van der Waals surface area contributed by atoms with Crippen LogP contribution in [0.15, 0.2) is 115 Å². The summed E-state index contributed by atoms with van der Waals surface area (Å²) in [6.07, 6.45) is 0. The van der Waals surface area contributed by atoms with E-state index in [1.807, 2.05) is 47.1 Å². The third kappa shape index (κ3) is 3.62. The lowest BCUT2D eigenvalue weighted by Crippen LogP contribution is -1.99. The fourth-order valence-electron chi connectivity index (χ4n) is 3.87. The quantitative estimate of drug-likeness (QED) is 0.320. The van der Waals surface area contributed by atoms with Crippen LogP contribution in [0.3, 0.4) is 0 Å². The Morgan fingerprint density at radius 2 is 1.10 bits per heavy atom. The van der Waals surface area contributed by atoms with E-state index in [0.29, 0.717) is 0 Å². The zero-order valence-corrected chi connectivity index (χ0v) is 17.3. The molecule has 0 aliphatic rings. The van der Waals surface area contributed by atoms with Gasteiger partial charge in [-0.05, 0) is 29.8 Å². The smallest absolute Gasteiger partial charge is 0.119 e. The van der Waals surface area contributed by atoms with Gasteiger partial charge in [0.25, 0.3) is 0 Å². The number of aromatic nitrogens is 2. The van der Waals surface area contributed by atoms with Crippen molar-refractivity contribution in [1.82, 2.24) is 9.78 Å². The number of nitrogens with zero attached hydrogens (tertiary/aromatic N) is 2. The molecule has 0 aliphatic heterocycles. The molecule has 0 spiro atoms. The molecule has 5 aromatic rings. The molecule has 3 nitrogen and oxygen atoms in total. The van der Waals surface area contributed by atoms with Crippen molar-refractivity contribution in [2.24, 2.45) is 0 Å². The van der Waals surface area contributed by atoms with Gasteiger partial charge in [-0.1, -0.05) is 91.0 Å². The molecule has 0 saturated heterocycles. The largest absolute Gasteiger partial charge is 0.497 e. The maximum absolute atomic E-state index is 5.36. The lowest BCUT2D eigenvalue weighted by molar-refractivity contribution is 0.414. The van der Waals surface area contributed by atoms with Gasteiger partial charge in [-0.2, -0.15) is 5.10 Å². The number of benzene rings is 4. The molecule has 1 heterocycles. The Balaban J connectivity index is 1.85. The summed E-state index contributed by atoms with van der Waals surface area (Å²) >= 11 is 0. The summed E-state index contributed by atoms with van der Waals surface area (Å²) in [6.45, 7) is 0. The summed E-state index contributed by atoms with van der Waals surface area (Å²) in [5, 5.41) is 5.13. The topological polar surface area (TPSA) is 27.1 Å². The van der Waals surface area contributed by atoms with Crippen LogP contribution in [0.5, 0.6) is 5.75 Å². The first-order valence-electron chi connectivity index (χ1n) is 10.3. The number of ether oxygens (including phenoxy) is 1. The van der Waals surface area contributed by atoms with Crippen molar-refractivity contribution >= 4 is 0 Å². The van der Waals surface area contributed by atoms with Crippen molar-refractivity contribution in [3.05, 3.63) is 115 Å². The molecule has 0 aliphatic carbocycles. The Kier molecular flexibility index (Phi) is 5.07. The van der Waals surface area contributed by atoms with Crippen LogP contribution in [0.25, 0.3) is 39.3 Å². The normalized spacial score (nSPS) is 10.7. The van der Waals surface area contributed by atoms with E-state index >= 15 is 0 Å². The molecule has 5 rings (SSSR count). The molecule has 4 aromatic carbocycles. The molecule has 0 saturated carbocycles. The minimum absolute atomic E-state index is 0.823. The van der Waals surface area contributed by atoms with Crippen molar-refractivity contribution in [2.45, 2.75) is 0 Å². The second-order valence-electron chi connectivity index (χ2n) is 7.28. The molecule has 1 aromatic heterocycles. The summed E-state index contributed by atoms with van der Waals surface area (Å²) in [5.74, 6) is 0.823. The summed E-state index contributed by atoms with van der Waals surface area (Å²) in [7, 11) is 1.68. The minimum Gasteiger partial charge on any atom is -0.497 e. The van der Waals surface area contributed by atoms with Gasteiger partial charge in [0.2, 0.25) is 0 Å². The first-order chi connectivity index (χ1) is 15.3. The van der Waals surface area contributed by atoms with Gasteiger partial charge in [-0.3, -0.25) is 0 Å². The molecule has 31 heavy (non-hydrogen) atoms. The van der Waals surface area contributed by atoms with Crippen LogP contribution in [0.2, 0.25) is 0 Å². The third-order valence-corrected chi connectivity index (χ3v) is 5.36. The van der Waals surface area contributed by atoms with Crippen LogP contribution < -0.4 is 4.74 Å². The Hall–Kier alpha value is -4.11.